The molecule has 0 saturated carbocycles. The van der Waals surface area contributed by atoms with Crippen molar-refractivity contribution in [2.45, 2.75) is 12.3 Å². The lowest BCUT2D eigenvalue weighted by molar-refractivity contribution is -0.139. The van der Waals surface area contributed by atoms with E-state index in [9.17, 15) is 4.79 Å². The lowest BCUT2D eigenvalue weighted by Gasteiger charge is -2.31. The molecular weight excluding hydrogens is 178 g/mol. The highest BCUT2D eigenvalue weighted by molar-refractivity contribution is 5.80. The molecule has 1 aromatic carbocycles. The number of anilines is 1. The zero-order chi connectivity index (χ0) is 10.1. The number of carboxylic acids is 1. The number of rotatable bonds is 1. The van der Waals surface area contributed by atoms with Crippen LogP contribution in [0, 0.1) is 0 Å². The van der Waals surface area contributed by atoms with Crippen molar-refractivity contribution < 1.29 is 9.90 Å². The van der Waals surface area contributed by atoms with Gasteiger partial charge in [-0.15, -0.1) is 0 Å². The van der Waals surface area contributed by atoms with Crippen LogP contribution in [0.1, 0.15) is 17.9 Å². The summed E-state index contributed by atoms with van der Waals surface area (Å²) in [5.41, 5.74) is 1.99. The normalized spacial score (nSPS) is 20.4. The number of aliphatic carboxylic acids is 1. The van der Waals surface area contributed by atoms with E-state index in [2.05, 4.69) is 4.90 Å². The second-order valence-corrected chi connectivity index (χ2v) is 3.66. The highest BCUT2D eigenvalue weighted by Crippen LogP contribution is 2.34. The average molecular weight is 191 g/mol. The third-order valence-corrected chi connectivity index (χ3v) is 2.77. The van der Waals surface area contributed by atoms with Gasteiger partial charge in [-0.25, -0.2) is 0 Å². The Hall–Kier alpha value is -1.51. The van der Waals surface area contributed by atoms with Gasteiger partial charge in [0.1, 0.15) is 0 Å². The zero-order valence-corrected chi connectivity index (χ0v) is 8.10. The lowest BCUT2D eigenvalue weighted by Crippen LogP contribution is -2.30. The van der Waals surface area contributed by atoms with Gasteiger partial charge in [0.2, 0.25) is 0 Å². The van der Waals surface area contributed by atoms with Crippen molar-refractivity contribution in [3.63, 3.8) is 0 Å². The molecule has 0 radical (unpaired) electrons. The number of hydrogen-bond acceptors (Lipinski definition) is 2. The fourth-order valence-electron chi connectivity index (χ4n) is 1.99. The van der Waals surface area contributed by atoms with Gasteiger partial charge in [-0.2, -0.15) is 0 Å². The summed E-state index contributed by atoms with van der Waals surface area (Å²) >= 11 is 0. The molecule has 74 valence electrons. The molecule has 1 unspecified atom stereocenters. The van der Waals surface area contributed by atoms with Crippen LogP contribution < -0.4 is 4.90 Å². The van der Waals surface area contributed by atoms with Gasteiger partial charge in [-0.3, -0.25) is 4.79 Å². The molecule has 0 aromatic heterocycles. The smallest absolute Gasteiger partial charge is 0.311 e. The molecule has 2 rings (SSSR count). The van der Waals surface area contributed by atoms with Crippen LogP contribution in [0.4, 0.5) is 5.69 Å². The number of fused-ring (bicyclic) bond motifs is 1. The number of para-hydroxylation sites is 1. The summed E-state index contributed by atoms with van der Waals surface area (Å²) in [7, 11) is 2.00. The lowest BCUT2D eigenvalue weighted by atomic mass is 9.90. The Balaban J connectivity index is 2.46. The molecule has 1 aliphatic heterocycles. The molecule has 0 bridgehead atoms. The molecule has 3 nitrogen and oxygen atoms in total. The molecule has 14 heavy (non-hydrogen) atoms. The predicted molar refractivity (Wildman–Crippen MR) is 54.7 cm³/mol. The van der Waals surface area contributed by atoms with Gasteiger partial charge >= 0.3 is 5.97 Å². The van der Waals surface area contributed by atoms with Crippen LogP contribution in [-0.2, 0) is 4.79 Å². The van der Waals surface area contributed by atoms with Crippen molar-refractivity contribution >= 4 is 11.7 Å². The predicted octanol–water partition coefficient (Wildman–Crippen LogP) is 1.69. The highest BCUT2D eigenvalue weighted by atomic mass is 16.4. The summed E-state index contributed by atoms with van der Waals surface area (Å²) in [6.45, 7) is 0.813. The minimum absolute atomic E-state index is 0.331. The van der Waals surface area contributed by atoms with E-state index in [-0.39, 0.29) is 5.92 Å². The van der Waals surface area contributed by atoms with E-state index in [0.29, 0.717) is 6.42 Å². The van der Waals surface area contributed by atoms with Crippen LogP contribution in [0.2, 0.25) is 0 Å². The third-order valence-electron chi connectivity index (χ3n) is 2.77. The Bertz CT molecular complexity index is 362. The summed E-state index contributed by atoms with van der Waals surface area (Å²) in [6, 6.07) is 7.72. The highest BCUT2D eigenvalue weighted by Gasteiger charge is 2.27. The quantitative estimate of drug-likeness (QED) is 0.734. The molecular formula is C11H13NO2. The molecule has 1 heterocycles. The summed E-state index contributed by atoms with van der Waals surface area (Å²) < 4.78 is 0. The largest absolute Gasteiger partial charge is 0.481 e. The average Bonchev–Trinajstić information content (AvgIpc) is 2.18. The Labute approximate surface area is 83.0 Å². The fraction of sp³-hybridized carbons (Fsp3) is 0.364. The first kappa shape index (κ1) is 9.06. The van der Waals surface area contributed by atoms with Gasteiger partial charge in [0.25, 0.3) is 0 Å². The first-order chi connectivity index (χ1) is 6.70. The maximum absolute atomic E-state index is 11.0. The second kappa shape index (κ2) is 3.33. The first-order valence-corrected chi connectivity index (χ1v) is 4.73. The molecule has 3 heteroatoms. The molecule has 0 spiro atoms. The number of benzene rings is 1. The van der Waals surface area contributed by atoms with Gasteiger partial charge in [-0.1, -0.05) is 18.2 Å². The van der Waals surface area contributed by atoms with Crippen LogP contribution in [0.15, 0.2) is 24.3 Å². The minimum atomic E-state index is -0.717. The van der Waals surface area contributed by atoms with Crippen LogP contribution in [0.25, 0.3) is 0 Å². The molecule has 0 fully saturated rings. The number of carboxylic acid groups (broad SMARTS) is 1. The summed E-state index contributed by atoms with van der Waals surface area (Å²) in [5, 5.41) is 9.05. The van der Waals surface area contributed by atoms with Crippen LogP contribution in [-0.4, -0.2) is 24.7 Å². The Morgan fingerprint density at radius 1 is 1.50 bits per heavy atom. The standard InChI is InChI=1S/C11H13NO2/c1-12-7-6-9(11(13)14)8-4-2-3-5-10(8)12/h2-5,9H,6-7H2,1H3,(H,13,14). The fourth-order valence-corrected chi connectivity index (χ4v) is 1.99. The maximum atomic E-state index is 11.0. The molecule has 1 N–H and O–H groups in total. The number of nitrogens with zero attached hydrogens (tertiary/aromatic N) is 1. The summed E-state index contributed by atoms with van der Waals surface area (Å²) in [5.74, 6) is -1.05. The summed E-state index contributed by atoms with van der Waals surface area (Å²) in [4.78, 5) is 13.1. The Morgan fingerprint density at radius 2 is 2.21 bits per heavy atom. The van der Waals surface area contributed by atoms with E-state index in [1.165, 1.54) is 0 Å². The van der Waals surface area contributed by atoms with Crippen molar-refractivity contribution in [1.82, 2.24) is 0 Å². The molecule has 0 amide bonds. The van der Waals surface area contributed by atoms with Gasteiger partial charge in [0.05, 0.1) is 5.92 Å². The number of carbonyl (C=O) groups is 1. The second-order valence-electron chi connectivity index (χ2n) is 3.66. The van der Waals surface area contributed by atoms with Crippen molar-refractivity contribution in [3.05, 3.63) is 29.8 Å². The monoisotopic (exact) mass is 191 g/mol. The van der Waals surface area contributed by atoms with Gasteiger partial charge in [-0.05, 0) is 18.1 Å². The number of hydrogen-bond donors (Lipinski definition) is 1. The van der Waals surface area contributed by atoms with Crippen LogP contribution >= 0.6 is 0 Å². The maximum Gasteiger partial charge on any atom is 0.311 e. The van der Waals surface area contributed by atoms with Crippen molar-refractivity contribution in [1.29, 1.82) is 0 Å². The minimum Gasteiger partial charge on any atom is -0.481 e. The Kier molecular flexibility index (Phi) is 2.15. The molecule has 1 atom stereocenters. The zero-order valence-electron chi connectivity index (χ0n) is 8.10. The van der Waals surface area contributed by atoms with Crippen molar-refractivity contribution in [3.8, 4) is 0 Å². The molecule has 0 saturated heterocycles. The first-order valence-electron chi connectivity index (χ1n) is 4.73. The topological polar surface area (TPSA) is 40.5 Å². The Morgan fingerprint density at radius 3 is 2.93 bits per heavy atom. The van der Waals surface area contributed by atoms with E-state index in [0.717, 1.165) is 17.8 Å². The van der Waals surface area contributed by atoms with Crippen LogP contribution in [0.5, 0.6) is 0 Å². The van der Waals surface area contributed by atoms with Gasteiger partial charge < -0.3 is 10.0 Å². The van der Waals surface area contributed by atoms with E-state index < -0.39 is 5.97 Å². The van der Waals surface area contributed by atoms with E-state index in [1.807, 2.05) is 31.3 Å². The molecule has 0 aliphatic carbocycles. The van der Waals surface area contributed by atoms with Gasteiger partial charge in [0, 0.05) is 19.3 Å². The SMILES string of the molecule is CN1CCC(C(=O)O)c2ccccc21. The van der Waals surface area contributed by atoms with E-state index in [4.69, 9.17) is 5.11 Å². The summed E-state index contributed by atoms with van der Waals surface area (Å²) in [6.07, 6.45) is 0.697. The van der Waals surface area contributed by atoms with Crippen molar-refractivity contribution in [2.24, 2.45) is 0 Å². The van der Waals surface area contributed by atoms with E-state index >= 15 is 0 Å². The van der Waals surface area contributed by atoms with Crippen molar-refractivity contribution in [2.75, 3.05) is 18.5 Å². The third kappa shape index (κ3) is 1.35. The van der Waals surface area contributed by atoms with Crippen LogP contribution in [0.3, 0.4) is 0 Å². The van der Waals surface area contributed by atoms with E-state index in [1.54, 1.807) is 0 Å². The molecule has 1 aromatic rings. The molecule has 1 aliphatic rings. The van der Waals surface area contributed by atoms with Gasteiger partial charge in [0.15, 0.2) is 0 Å².